The molecule has 0 radical (unpaired) electrons. The summed E-state index contributed by atoms with van der Waals surface area (Å²) in [6.45, 7) is 2.12. The highest BCUT2D eigenvalue weighted by Gasteiger charge is 2.29. The van der Waals surface area contributed by atoms with E-state index in [1.54, 1.807) is 0 Å². The van der Waals surface area contributed by atoms with Crippen molar-refractivity contribution in [3.63, 3.8) is 0 Å². The molecular weight excluding hydrogens is 308 g/mol. The topological polar surface area (TPSA) is 53.7 Å². The van der Waals surface area contributed by atoms with Crippen molar-refractivity contribution in [2.24, 2.45) is 0 Å². The summed E-state index contributed by atoms with van der Waals surface area (Å²) in [6, 6.07) is 10.5. The number of benzene rings is 1. The fraction of sp³-hybridized carbons (Fsp3) is 0.412. The van der Waals surface area contributed by atoms with E-state index >= 15 is 0 Å². The second-order valence-corrected chi connectivity index (χ2v) is 7.02. The van der Waals surface area contributed by atoms with Crippen LogP contribution < -0.4 is 0 Å². The summed E-state index contributed by atoms with van der Waals surface area (Å²) >= 11 is 1.53. The Kier molecular flexibility index (Phi) is 4.01. The van der Waals surface area contributed by atoms with Gasteiger partial charge >= 0.3 is 0 Å². The van der Waals surface area contributed by atoms with Gasteiger partial charge in [0.05, 0.1) is 10.9 Å². The zero-order chi connectivity index (χ0) is 15.6. The van der Waals surface area contributed by atoms with Crippen LogP contribution in [0.4, 0.5) is 0 Å². The molecular formula is C17H20N4OS. The summed E-state index contributed by atoms with van der Waals surface area (Å²) in [6.07, 6.45) is 6.49. The number of fused-ring (bicyclic) bond motifs is 1. The Bertz CT molecular complexity index is 774. The Balaban J connectivity index is 1.80. The third kappa shape index (κ3) is 2.72. The minimum absolute atomic E-state index is 0.0720. The van der Waals surface area contributed by atoms with Gasteiger partial charge in [0.1, 0.15) is 6.33 Å². The second-order valence-electron chi connectivity index (χ2n) is 6.01. The van der Waals surface area contributed by atoms with Gasteiger partial charge in [-0.25, -0.2) is 4.98 Å². The van der Waals surface area contributed by atoms with Crippen LogP contribution in [0.25, 0.3) is 4.96 Å². The van der Waals surface area contributed by atoms with Gasteiger partial charge in [-0.15, -0.1) is 0 Å². The lowest BCUT2D eigenvalue weighted by Crippen LogP contribution is -2.30. The molecule has 6 heteroatoms. The Labute approximate surface area is 139 Å². The zero-order valence-corrected chi connectivity index (χ0v) is 13.7. The molecule has 1 atom stereocenters. The number of thiazole rings is 1. The Hall–Kier alpha value is -1.92. The molecule has 0 bridgehead atoms. The van der Waals surface area contributed by atoms with Gasteiger partial charge in [-0.2, -0.15) is 9.61 Å². The lowest BCUT2D eigenvalue weighted by atomic mass is 10.0. The third-order valence-electron chi connectivity index (χ3n) is 4.51. The van der Waals surface area contributed by atoms with Crippen molar-refractivity contribution in [3.8, 4) is 5.88 Å². The van der Waals surface area contributed by atoms with Crippen LogP contribution in [0.5, 0.6) is 5.88 Å². The molecule has 1 aliphatic rings. The third-order valence-corrected chi connectivity index (χ3v) is 5.59. The van der Waals surface area contributed by atoms with Gasteiger partial charge in [-0.05, 0) is 31.5 Å². The quantitative estimate of drug-likeness (QED) is 0.800. The van der Waals surface area contributed by atoms with E-state index in [0.29, 0.717) is 0 Å². The van der Waals surface area contributed by atoms with Crippen molar-refractivity contribution >= 4 is 16.3 Å². The number of hydrogen-bond acceptors (Lipinski definition) is 5. The molecule has 0 amide bonds. The largest absolute Gasteiger partial charge is 0.492 e. The second kappa shape index (κ2) is 6.29. The van der Waals surface area contributed by atoms with E-state index in [9.17, 15) is 5.11 Å². The highest BCUT2D eigenvalue weighted by Crippen LogP contribution is 2.40. The van der Waals surface area contributed by atoms with Crippen molar-refractivity contribution in [2.45, 2.75) is 31.7 Å². The van der Waals surface area contributed by atoms with E-state index in [1.807, 2.05) is 6.07 Å². The van der Waals surface area contributed by atoms with E-state index in [0.717, 1.165) is 22.9 Å². The highest BCUT2D eigenvalue weighted by molar-refractivity contribution is 7.17. The van der Waals surface area contributed by atoms with Crippen LogP contribution in [0.1, 0.15) is 42.2 Å². The van der Waals surface area contributed by atoms with Crippen LogP contribution in [0.2, 0.25) is 0 Å². The fourth-order valence-corrected chi connectivity index (χ4v) is 4.48. The smallest absolute Gasteiger partial charge is 0.230 e. The molecule has 0 saturated carbocycles. The van der Waals surface area contributed by atoms with E-state index in [1.165, 1.54) is 53.4 Å². The molecule has 1 aliphatic heterocycles. The van der Waals surface area contributed by atoms with E-state index < -0.39 is 0 Å². The number of aromatic nitrogens is 3. The number of rotatable bonds is 3. The minimum Gasteiger partial charge on any atom is -0.492 e. The van der Waals surface area contributed by atoms with Crippen molar-refractivity contribution < 1.29 is 5.11 Å². The average molecular weight is 328 g/mol. The van der Waals surface area contributed by atoms with Gasteiger partial charge in [0.25, 0.3) is 0 Å². The summed E-state index contributed by atoms with van der Waals surface area (Å²) in [7, 11) is 0. The number of nitrogens with zero attached hydrogens (tertiary/aromatic N) is 4. The van der Waals surface area contributed by atoms with Crippen LogP contribution in [0, 0.1) is 0 Å². The summed E-state index contributed by atoms with van der Waals surface area (Å²) in [5, 5.41) is 14.8. The molecule has 23 heavy (non-hydrogen) atoms. The lowest BCUT2D eigenvalue weighted by Gasteiger charge is -2.30. The predicted octanol–water partition coefficient (Wildman–Crippen LogP) is 3.46. The van der Waals surface area contributed by atoms with Crippen molar-refractivity contribution in [2.75, 3.05) is 13.1 Å². The first kappa shape index (κ1) is 14.7. The Morgan fingerprint density at radius 3 is 2.48 bits per heavy atom. The molecule has 1 saturated heterocycles. The van der Waals surface area contributed by atoms with E-state index in [2.05, 4.69) is 39.2 Å². The van der Waals surface area contributed by atoms with Gasteiger partial charge in [-0.1, -0.05) is 54.5 Å². The molecule has 3 aromatic rings. The van der Waals surface area contributed by atoms with Crippen LogP contribution in [-0.2, 0) is 0 Å². The molecule has 4 rings (SSSR count). The molecule has 120 valence electrons. The first-order valence-electron chi connectivity index (χ1n) is 8.15. The van der Waals surface area contributed by atoms with Crippen molar-refractivity contribution in [3.05, 3.63) is 47.1 Å². The summed E-state index contributed by atoms with van der Waals surface area (Å²) < 4.78 is 1.54. The summed E-state index contributed by atoms with van der Waals surface area (Å²) in [5.74, 6) is 0.223. The SMILES string of the molecule is Oc1c(C(c2ccccc2)N2CCCCCC2)sc2ncnn12. The maximum Gasteiger partial charge on any atom is 0.230 e. The fourth-order valence-electron chi connectivity index (χ4n) is 3.39. The molecule has 3 heterocycles. The first-order valence-corrected chi connectivity index (χ1v) is 8.96. The standard InChI is InChI=1S/C17H20N4OS/c22-16-15(23-17-18-12-19-21(16)17)14(13-8-4-3-5-9-13)20-10-6-1-2-7-11-20/h3-5,8-9,12,14,22H,1-2,6-7,10-11H2. The molecule has 2 aromatic heterocycles. The van der Waals surface area contributed by atoms with Crippen molar-refractivity contribution in [1.29, 1.82) is 0 Å². The van der Waals surface area contributed by atoms with Crippen LogP contribution in [-0.4, -0.2) is 37.7 Å². The normalized spacial score (nSPS) is 18.1. The van der Waals surface area contributed by atoms with Gasteiger partial charge in [0, 0.05) is 0 Å². The molecule has 1 unspecified atom stereocenters. The molecule has 1 fully saturated rings. The van der Waals surface area contributed by atoms with Gasteiger partial charge < -0.3 is 5.11 Å². The van der Waals surface area contributed by atoms with E-state index in [-0.39, 0.29) is 11.9 Å². The van der Waals surface area contributed by atoms with Crippen molar-refractivity contribution in [1.82, 2.24) is 19.5 Å². The first-order chi connectivity index (χ1) is 11.3. The maximum atomic E-state index is 10.7. The number of aromatic hydroxyl groups is 1. The molecule has 0 aliphatic carbocycles. The van der Waals surface area contributed by atoms with Crippen LogP contribution >= 0.6 is 11.3 Å². The molecule has 5 nitrogen and oxygen atoms in total. The summed E-state index contributed by atoms with van der Waals surface area (Å²) in [4.78, 5) is 8.41. The molecule has 0 spiro atoms. The molecule has 1 aromatic carbocycles. The Morgan fingerprint density at radius 1 is 1.04 bits per heavy atom. The zero-order valence-electron chi connectivity index (χ0n) is 12.9. The lowest BCUT2D eigenvalue weighted by molar-refractivity contribution is 0.233. The maximum absolute atomic E-state index is 10.7. The average Bonchev–Trinajstić information content (AvgIpc) is 3.04. The van der Waals surface area contributed by atoms with Crippen LogP contribution in [0.15, 0.2) is 36.7 Å². The molecule has 1 N–H and O–H groups in total. The van der Waals surface area contributed by atoms with Gasteiger partial charge in [0.2, 0.25) is 10.8 Å². The highest BCUT2D eigenvalue weighted by atomic mass is 32.1. The Morgan fingerprint density at radius 2 is 1.78 bits per heavy atom. The monoisotopic (exact) mass is 328 g/mol. The minimum atomic E-state index is 0.0720. The number of likely N-dealkylation sites (tertiary alicyclic amines) is 1. The summed E-state index contributed by atoms with van der Waals surface area (Å²) in [5.41, 5.74) is 1.22. The predicted molar refractivity (Wildman–Crippen MR) is 90.9 cm³/mol. The van der Waals surface area contributed by atoms with Gasteiger partial charge in [0.15, 0.2) is 0 Å². The van der Waals surface area contributed by atoms with E-state index in [4.69, 9.17) is 0 Å². The van der Waals surface area contributed by atoms with Gasteiger partial charge in [-0.3, -0.25) is 4.90 Å². The van der Waals surface area contributed by atoms with Crippen LogP contribution in [0.3, 0.4) is 0 Å². The number of hydrogen-bond donors (Lipinski definition) is 1.